The van der Waals surface area contributed by atoms with Crippen molar-refractivity contribution in [1.29, 1.82) is 0 Å². The third-order valence-electron chi connectivity index (χ3n) is 4.54. The van der Waals surface area contributed by atoms with Crippen molar-refractivity contribution >= 4 is 11.8 Å². The van der Waals surface area contributed by atoms with Crippen molar-refractivity contribution in [2.75, 3.05) is 18.8 Å². The molecule has 1 saturated carbocycles. The summed E-state index contributed by atoms with van der Waals surface area (Å²) in [5, 5.41) is 0. The Morgan fingerprint density at radius 3 is 2.22 bits per heavy atom. The summed E-state index contributed by atoms with van der Waals surface area (Å²) in [4.78, 5) is 14.0. The number of fused-ring (bicyclic) bond motifs is 1. The second-order valence-electron chi connectivity index (χ2n) is 7.69. The molecule has 0 aromatic heterocycles. The first-order chi connectivity index (χ1) is 10.8. The molecule has 2 aliphatic rings. The molecule has 2 N–H and O–H groups in total. The van der Waals surface area contributed by atoms with Gasteiger partial charge in [-0.15, -0.1) is 0 Å². The van der Waals surface area contributed by atoms with Crippen molar-refractivity contribution in [3.63, 3.8) is 0 Å². The molecule has 0 radical (unpaired) electrons. The zero-order valence-corrected chi connectivity index (χ0v) is 14.1. The van der Waals surface area contributed by atoms with Crippen LogP contribution in [0.4, 0.5) is 10.5 Å². The van der Waals surface area contributed by atoms with Gasteiger partial charge in [-0.3, -0.25) is 0 Å². The maximum Gasteiger partial charge on any atom is 0.410 e. The Balaban J connectivity index is 1.51. The number of benzene rings is 1. The van der Waals surface area contributed by atoms with E-state index in [-0.39, 0.29) is 12.2 Å². The minimum Gasteiger partial charge on any atom is -0.490 e. The summed E-state index contributed by atoms with van der Waals surface area (Å²) in [6.45, 7) is 7.26. The number of carbonyl (C=O) groups excluding carboxylic acids is 1. The first-order valence-electron chi connectivity index (χ1n) is 8.30. The number of ether oxygens (including phenoxy) is 2. The molecule has 2 fully saturated rings. The molecule has 1 aromatic rings. The maximum absolute atomic E-state index is 12.2. The van der Waals surface area contributed by atoms with Gasteiger partial charge in [-0.05, 0) is 69.7 Å². The second kappa shape index (κ2) is 5.95. The summed E-state index contributed by atoms with van der Waals surface area (Å²) in [6.07, 6.45) is 2.03. The van der Waals surface area contributed by atoms with E-state index in [1.54, 1.807) is 0 Å². The van der Waals surface area contributed by atoms with Gasteiger partial charge in [0.2, 0.25) is 0 Å². The van der Waals surface area contributed by atoms with Gasteiger partial charge < -0.3 is 20.1 Å². The number of hydrogen-bond donors (Lipinski definition) is 1. The number of rotatable bonds is 2. The molecule has 5 heteroatoms. The molecule has 1 aliphatic carbocycles. The van der Waals surface area contributed by atoms with Crippen LogP contribution < -0.4 is 10.5 Å². The lowest BCUT2D eigenvalue weighted by Gasteiger charge is -2.25. The Hall–Kier alpha value is -1.91. The average molecular weight is 318 g/mol. The van der Waals surface area contributed by atoms with Gasteiger partial charge in [0.25, 0.3) is 0 Å². The van der Waals surface area contributed by atoms with E-state index in [4.69, 9.17) is 15.2 Å². The quantitative estimate of drug-likeness (QED) is 0.850. The summed E-state index contributed by atoms with van der Waals surface area (Å²) in [7, 11) is 0. The lowest BCUT2D eigenvalue weighted by molar-refractivity contribution is 0.0272. The minimum absolute atomic E-state index is 0.192. The Kier molecular flexibility index (Phi) is 4.13. The molecule has 23 heavy (non-hydrogen) atoms. The third-order valence-corrected chi connectivity index (χ3v) is 4.54. The van der Waals surface area contributed by atoms with Crippen LogP contribution >= 0.6 is 0 Å². The summed E-state index contributed by atoms with van der Waals surface area (Å²) < 4.78 is 11.5. The molecule has 5 nitrogen and oxygen atoms in total. The highest BCUT2D eigenvalue weighted by atomic mass is 16.6. The van der Waals surface area contributed by atoms with Gasteiger partial charge in [-0.1, -0.05) is 0 Å². The summed E-state index contributed by atoms with van der Waals surface area (Å²) in [6, 6.07) is 7.54. The number of nitrogen functional groups attached to an aromatic ring is 1. The van der Waals surface area contributed by atoms with Crippen molar-refractivity contribution in [2.24, 2.45) is 11.8 Å². The van der Waals surface area contributed by atoms with Gasteiger partial charge in [0.15, 0.2) is 0 Å². The standard InChI is InChI=1S/C18H26N2O3/c1-18(2,3)23-17(21)20-10-12-8-16(9-13(12)11-20)22-15-6-4-14(19)5-7-15/h4-7,12-13,16H,8-11,19H2,1-3H3/t12-,13+,16?. The maximum atomic E-state index is 12.2. The summed E-state index contributed by atoms with van der Waals surface area (Å²) in [5.41, 5.74) is 6.00. The van der Waals surface area contributed by atoms with E-state index in [0.717, 1.165) is 37.4 Å². The lowest BCUT2D eigenvalue weighted by atomic mass is 10.0. The number of anilines is 1. The number of nitrogens with two attached hydrogens (primary N) is 1. The predicted molar refractivity (Wildman–Crippen MR) is 89.3 cm³/mol. The molecular weight excluding hydrogens is 292 g/mol. The van der Waals surface area contributed by atoms with Crippen LogP contribution in [0, 0.1) is 11.8 Å². The van der Waals surface area contributed by atoms with E-state index in [2.05, 4.69) is 0 Å². The van der Waals surface area contributed by atoms with Crippen LogP contribution in [0.5, 0.6) is 5.75 Å². The highest BCUT2D eigenvalue weighted by Crippen LogP contribution is 2.40. The van der Waals surface area contributed by atoms with Crippen LogP contribution in [0.15, 0.2) is 24.3 Å². The molecule has 1 saturated heterocycles. The highest BCUT2D eigenvalue weighted by molar-refractivity contribution is 5.68. The zero-order chi connectivity index (χ0) is 16.6. The van der Waals surface area contributed by atoms with Crippen LogP contribution in [0.3, 0.4) is 0 Å². The topological polar surface area (TPSA) is 64.8 Å². The van der Waals surface area contributed by atoms with Crippen molar-refractivity contribution in [2.45, 2.75) is 45.3 Å². The molecule has 1 aromatic carbocycles. The van der Waals surface area contributed by atoms with E-state index < -0.39 is 5.60 Å². The fourth-order valence-corrected chi connectivity index (χ4v) is 3.55. The highest BCUT2D eigenvalue weighted by Gasteiger charge is 2.44. The number of carbonyl (C=O) groups is 1. The number of hydrogen-bond acceptors (Lipinski definition) is 4. The third kappa shape index (κ3) is 3.89. The average Bonchev–Trinajstić information content (AvgIpc) is 2.97. The van der Waals surface area contributed by atoms with Gasteiger partial charge in [0, 0.05) is 18.8 Å². The molecule has 0 bridgehead atoms. The zero-order valence-electron chi connectivity index (χ0n) is 14.1. The van der Waals surface area contributed by atoms with Crippen LogP contribution in [-0.4, -0.2) is 35.8 Å². The van der Waals surface area contributed by atoms with Crippen LogP contribution in [0.1, 0.15) is 33.6 Å². The van der Waals surface area contributed by atoms with Crippen LogP contribution in [0.2, 0.25) is 0 Å². The summed E-state index contributed by atoms with van der Waals surface area (Å²) in [5.74, 6) is 1.90. The number of nitrogens with zero attached hydrogens (tertiary/aromatic N) is 1. The molecule has 1 heterocycles. The van der Waals surface area contributed by atoms with Gasteiger partial charge >= 0.3 is 6.09 Å². The van der Waals surface area contributed by atoms with E-state index in [0.29, 0.717) is 11.8 Å². The molecule has 3 rings (SSSR count). The molecule has 1 unspecified atom stereocenters. The largest absolute Gasteiger partial charge is 0.490 e. The SMILES string of the molecule is CC(C)(C)OC(=O)N1C[C@H]2CC(Oc3ccc(N)cc3)C[C@H]2C1. The van der Waals surface area contributed by atoms with Gasteiger partial charge in [0.05, 0.1) is 6.10 Å². The molecule has 0 spiro atoms. The smallest absolute Gasteiger partial charge is 0.410 e. The number of likely N-dealkylation sites (tertiary alicyclic amines) is 1. The fourth-order valence-electron chi connectivity index (χ4n) is 3.55. The first-order valence-corrected chi connectivity index (χ1v) is 8.30. The second-order valence-corrected chi connectivity index (χ2v) is 7.69. The Bertz CT molecular complexity index is 551. The fraction of sp³-hybridized carbons (Fsp3) is 0.611. The minimum atomic E-state index is -0.435. The van der Waals surface area contributed by atoms with E-state index >= 15 is 0 Å². The monoisotopic (exact) mass is 318 g/mol. The van der Waals surface area contributed by atoms with Crippen molar-refractivity contribution in [1.82, 2.24) is 4.90 Å². The molecule has 1 aliphatic heterocycles. The van der Waals surface area contributed by atoms with Crippen LogP contribution in [-0.2, 0) is 4.74 Å². The molecular formula is C18H26N2O3. The molecule has 126 valence electrons. The number of amides is 1. The summed E-state index contributed by atoms with van der Waals surface area (Å²) >= 11 is 0. The Morgan fingerprint density at radius 2 is 1.70 bits per heavy atom. The molecule has 1 amide bonds. The van der Waals surface area contributed by atoms with E-state index in [9.17, 15) is 4.79 Å². The first kappa shape index (κ1) is 16.0. The van der Waals surface area contributed by atoms with Crippen molar-refractivity contribution < 1.29 is 14.3 Å². The van der Waals surface area contributed by atoms with Crippen LogP contribution in [0.25, 0.3) is 0 Å². The van der Waals surface area contributed by atoms with Crippen molar-refractivity contribution in [3.05, 3.63) is 24.3 Å². The van der Waals surface area contributed by atoms with E-state index in [1.807, 2.05) is 49.9 Å². The normalized spacial score (nSPS) is 26.9. The predicted octanol–water partition coefficient (Wildman–Crippen LogP) is 3.29. The van der Waals surface area contributed by atoms with E-state index in [1.165, 1.54) is 0 Å². The Labute approximate surface area is 137 Å². The van der Waals surface area contributed by atoms with Gasteiger partial charge in [-0.2, -0.15) is 0 Å². The van der Waals surface area contributed by atoms with Gasteiger partial charge in [0.1, 0.15) is 11.4 Å². The Morgan fingerprint density at radius 1 is 1.13 bits per heavy atom. The van der Waals surface area contributed by atoms with Crippen molar-refractivity contribution in [3.8, 4) is 5.75 Å². The van der Waals surface area contributed by atoms with Gasteiger partial charge in [-0.25, -0.2) is 4.79 Å². The molecule has 3 atom stereocenters. The lowest BCUT2D eigenvalue weighted by Crippen LogP contribution is -2.36.